The number of carbonyl (C=O) groups is 2. The summed E-state index contributed by atoms with van der Waals surface area (Å²) >= 11 is 0. The van der Waals surface area contributed by atoms with Gasteiger partial charge >= 0.3 is 0 Å². The molecule has 0 aliphatic carbocycles. The maximum atomic E-state index is 12.5. The Morgan fingerprint density at radius 3 is 2.00 bits per heavy atom. The minimum atomic E-state index is -1.61. The molecule has 0 radical (unpaired) electrons. The van der Waals surface area contributed by atoms with Crippen molar-refractivity contribution in [2.24, 2.45) is 0 Å². The minimum Gasteiger partial charge on any atom is -0.394 e. The summed E-state index contributed by atoms with van der Waals surface area (Å²) in [6.45, 7) is 3.32. The van der Waals surface area contributed by atoms with Gasteiger partial charge in [0.2, 0.25) is 11.8 Å². The zero-order valence-electron chi connectivity index (χ0n) is 23.5. The van der Waals surface area contributed by atoms with Gasteiger partial charge in [-0.05, 0) is 19.3 Å². The summed E-state index contributed by atoms with van der Waals surface area (Å²) in [5.41, 5.74) is 0. The van der Waals surface area contributed by atoms with E-state index in [0.29, 0.717) is 12.8 Å². The second-order valence-corrected chi connectivity index (χ2v) is 10.3. The number of hydrogen-bond acceptors (Lipinski definition) is 10. The highest BCUT2D eigenvalue weighted by Gasteiger charge is 2.44. The summed E-state index contributed by atoms with van der Waals surface area (Å²) in [6, 6.07) is -1.00. The van der Waals surface area contributed by atoms with Crippen molar-refractivity contribution in [1.82, 2.24) is 10.6 Å². The topological polar surface area (TPSA) is 198 Å². The molecular formula is C27H52N2O10. The van der Waals surface area contributed by atoms with Crippen LogP contribution in [0.4, 0.5) is 0 Å². The van der Waals surface area contributed by atoms with Gasteiger partial charge < -0.3 is 50.7 Å². The van der Waals surface area contributed by atoms with Crippen LogP contribution in [0.25, 0.3) is 0 Å². The standard InChI is InChI=1S/C27H52N2O10/c1-3-19(31)23(34)18(17-38-27-26(37)25(36)24(35)20(16-30)39-27)29-22(33)14-12-10-8-6-5-7-9-11-13-15-28-21(32)4-2/h18-20,23-27,30-31,34-37H,3-17H2,1-2H3,(H,28,32)(H,29,33)/t18-,19+,20?,23-,24-,25?,26+,27-/m0/s1. The molecule has 1 fully saturated rings. The molecule has 0 spiro atoms. The average molecular weight is 565 g/mol. The quantitative estimate of drug-likeness (QED) is 0.0867. The van der Waals surface area contributed by atoms with Crippen LogP contribution in [0.2, 0.25) is 0 Å². The second kappa shape index (κ2) is 20.5. The number of rotatable bonds is 21. The molecule has 12 heteroatoms. The fraction of sp³-hybridized carbons (Fsp3) is 0.926. The molecule has 0 bridgehead atoms. The number of carbonyl (C=O) groups excluding carboxylic acids is 2. The van der Waals surface area contributed by atoms with Crippen molar-refractivity contribution in [2.75, 3.05) is 19.8 Å². The number of nitrogens with one attached hydrogen (secondary N) is 2. The van der Waals surface area contributed by atoms with Gasteiger partial charge in [0.1, 0.15) is 30.5 Å². The first-order valence-corrected chi connectivity index (χ1v) is 14.5. The van der Waals surface area contributed by atoms with Gasteiger partial charge in [-0.15, -0.1) is 0 Å². The Hall–Kier alpha value is -1.38. The third-order valence-electron chi connectivity index (χ3n) is 7.08. The predicted octanol–water partition coefficient (Wildman–Crippen LogP) is -0.153. The van der Waals surface area contributed by atoms with Crippen molar-refractivity contribution in [1.29, 1.82) is 0 Å². The fourth-order valence-corrected chi connectivity index (χ4v) is 4.42. The van der Waals surface area contributed by atoms with E-state index in [2.05, 4.69) is 10.6 Å². The van der Waals surface area contributed by atoms with Crippen LogP contribution < -0.4 is 10.6 Å². The Labute approximate surface area is 232 Å². The first-order chi connectivity index (χ1) is 18.7. The van der Waals surface area contributed by atoms with Crippen LogP contribution in [-0.4, -0.2) is 111 Å². The molecule has 1 heterocycles. The Bertz CT molecular complexity index is 668. The highest BCUT2D eigenvalue weighted by atomic mass is 16.7. The van der Waals surface area contributed by atoms with Gasteiger partial charge in [0.25, 0.3) is 0 Å². The normalized spacial score (nSPS) is 25.6. The molecule has 2 amide bonds. The van der Waals surface area contributed by atoms with Crippen molar-refractivity contribution in [3.05, 3.63) is 0 Å². The monoisotopic (exact) mass is 564 g/mol. The van der Waals surface area contributed by atoms with E-state index in [-0.39, 0.29) is 31.3 Å². The average Bonchev–Trinajstić information content (AvgIpc) is 2.94. The van der Waals surface area contributed by atoms with Gasteiger partial charge in [0.05, 0.1) is 25.4 Å². The Kier molecular flexibility index (Phi) is 18.7. The molecule has 1 aliphatic rings. The van der Waals surface area contributed by atoms with Crippen molar-refractivity contribution in [3.63, 3.8) is 0 Å². The number of amides is 2. The fourth-order valence-electron chi connectivity index (χ4n) is 4.42. The van der Waals surface area contributed by atoms with Crippen LogP contribution in [0.3, 0.4) is 0 Å². The number of hydrogen-bond donors (Lipinski definition) is 8. The molecule has 1 saturated heterocycles. The summed E-state index contributed by atoms with van der Waals surface area (Å²) in [7, 11) is 0. The van der Waals surface area contributed by atoms with E-state index in [0.717, 1.165) is 57.9 Å². The lowest BCUT2D eigenvalue weighted by Gasteiger charge is -2.40. The lowest BCUT2D eigenvalue weighted by Crippen LogP contribution is -2.60. The zero-order valence-corrected chi connectivity index (χ0v) is 23.5. The molecule has 1 rings (SSSR count). The van der Waals surface area contributed by atoms with Crippen LogP contribution in [0.15, 0.2) is 0 Å². The SMILES string of the molecule is CCC(=O)NCCCCCCCCCCCC(=O)N[C@@H](CO[C@H]1OC(CO)[C@H](O)C(O)[C@H]1O)[C@H](O)[C@H](O)CC. The maximum absolute atomic E-state index is 12.5. The molecule has 0 aromatic carbocycles. The third kappa shape index (κ3) is 13.7. The Balaban J connectivity index is 2.33. The van der Waals surface area contributed by atoms with Gasteiger partial charge in [0.15, 0.2) is 6.29 Å². The molecule has 2 unspecified atom stereocenters. The van der Waals surface area contributed by atoms with Crippen LogP contribution in [0.5, 0.6) is 0 Å². The number of unbranched alkanes of at least 4 members (excludes halogenated alkanes) is 8. The summed E-state index contributed by atoms with van der Waals surface area (Å²) in [4.78, 5) is 23.7. The van der Waals surface area contributed by atoms with Gasteiger partial charge in [0, 0.05) is 19.4 Å². The van der Waals surface area contributed by atoms with Gasteiger partial charge in [-0.1, -0.05) is 58.8 Å². The van der Waals surface area contributed by atoms with Crippen molar-refractivity contribution in [2.45, 2.75) is 140 Å². The van der Waals surface area contributed by atoms with E-state index >= 15 is 0 Å². The van der Waals surface area contributed by atoms with E-state index in [1.54, 1.807) is 6.92 Å². The molecule has 8 atom stereocenters. The highest BCUT2D eigenvalue weighted by molar-refractivity contribution is 5.76. The first kappa shape index (κ1) is 35.6. The lowest BCUT2D eigenvalue weighted by molar-refractivity contribution is -0.303. The molecular weight excluding hydrogens is 512 g/mol. The summed E-state index contributed by atoms with van der Waals surface area (Å²) in [5.74, 6) is -0.217. The summed E-state index contributed by atoms with van der Waals surface area (Å²) < 4.78 is 10.8. The molecule has 230 valence electrons. The van der Waals surface area contributed by atoms with Crippen LogP contribution in [0, 0.1) is 0 Å². The second-order valence-electron chi connectivity index (χ2n) is 10.3. The van der Waals surface area contributed by atoms with Crippen molar-refractivity contribution < 1.29 is 49.7 Å². The maximum Gasteiger partial charge on any atom is 0.220 e. The largest absolute Gasteiger partial charge is 0.394 e. The molecule has 0 saturated carbocycles. The molecule has 0 aromatic heterocycles. The molecule has 12 nitrogen and oxygen atoms in total. The van der Waals surface area contributed by atoms with Crippen molar-refractivity contribution in [3.8, 4) is 0 Å². The molecule has 8 N–H and O–H groups in total. The predicted molar refractivity (Wildman–Crippen MR) is 143 cm³/mol. The molecule has 0 aromatic rings. The zero-order chi connectivity index (χ0) is 29.2. The summed E-state index contributed by atoms with van der Waals surface area (Å²) in [5, 5.41) is 65.5. The molecule has 1 aliphatic heterocycles. The van der Waals surface area contributed by atoms with Crippen LogP contribution in [-0.2, 0) is 19.1 Å². The van der Waals surface area contributed by atoms with E-state index in [1.807, 2.05) is 6.92 Å². The van der Waals surface area contributed by atoms with Crippen molar-refractivity contribution >= 4 is 11.8 Å². The van der Waals surface area contributed by atoms with E-state index < -0.39 is 55.6 Å². The number of aliphatic hydroxyl groups excluding tert-OH is 6. The summed E-state index contributed by atoms with van der Waals surface area (Å²) in [6.07, 6.45) is 0.429. The van der Waals surface area contributed by atoms with E-state index in [9.17, 15) is 40.2 Å². The van der Waals surface area contributed by atoms with Gasteiger partial charge in [-0.25, -0.2) is 0 Å². The van der Waals surface area contributed by atoms with Gasteiger partial charge in [-0.2, -0.15) is 0 Å². The number of aliphatic hydroxyl groups is 6. The lowest BCUT2D eigenvalue weighted by atomic mass is 9.99. The number of ether oxygens (including phenoxy) is 2. The van der Waals surface area contributed by atoms with Crippen LogP contribution >= 0.6 is 0 Å². The highest BCUT2D eigenvalue weighted by Crippen LogP contribution is 2.22. The smallest absolute Gasteiger partial charge is 0.220 e. The van der Waals surface area contributed by atoms with E-state index in [4.69, 9.17) is 9.47 Å². The Morgan fingerprint density at radius 1 is 0.846 bits per heavy atom. The Morgan fingerprint density at radius 2 is 1.44 bits per heavy atom. The minimum absolute atomic E-state index is 0.0929. The third-order valence-corrected chi connectivity index (χ3v) is 7.08. The van der Waals surface area contributed by atoms with Crippen LogP contribution in [0.1, 0.15) is 90.9 Å². The van der Waals surface area contributed by atoms with Gasteiger partial charge in [-0.3, -0.25) is 9.59 Å². The molecule has 39 heavy (non-hydrogen) atoms. The van der Waals surface area contributed by atoms with E-state index in [1.165, 1.54) is 0 Å². The first-order valence-electron chi connectivity index (χ1n) is 14.5.